The normalized spacial score (nSPS) is 14.6. The van der Waals surface area contributed by atoms with Crippen LogP contribution in [0.3, 0.4) is 0 Å². The number of H-pyrrole nitrogens is 2. The standard InChI is InChI=1S/C20H17N9/c21-13-9-29(10-13)17-8-22-7-16(25-17)12-4-14-18(27-28-20(14)24-6-12)15-5-11-2-1-3-23-19(11)26-15/h1-8,13H,9-10,21H2,(H,23,26)(H,24,27,28). The molecule has 1 aliphatic rings. The van der Waals surface area contributed by atoms with E-state index in [2.05, 4.69) is 41.1 Å². The number of pyridine rings is 2. The lowest BCUT2D eigenvalue weighted by Crippen LogP contribution is -2.56. The lowest BCUT2D eigenvalue weighted by Gasteiger charge is -2.37. The highest BCUT2D eigenvalue weighted by Crippen LogP contribution is 2.30. The first kappa shape index (κ1) is 16.1. The minimum atomic E-state index is 0.206. The second-order valence-electron chi connectivity index (χ2n) is 7.25. The van der Waals surface area contributed by atoms with Crippen LogP contribution in [0.15, 0.2) is 49.1 Å². The quantitative estimate of drug-likeness (QED) is 0.436. The van der Waals surface area contributed by atoms with Crippen molar-refractivity contribution >= 4 is 27.9 Å². The molecular weight excluding hydrogens is 366 g/mol. The van der Waals surface area contributed by atoms with E-state index in [1.165, 1.54) is 0 Å². The number of hydrogen-bond donors (Lipinski definition) is 3. The maximum absolute atomic E-state index is 5.89. The Balaban J connectivity index is 1.43. The van der Waals surface area contributed by atoms with Crippen molar-refractivity contribution in [3.8, 4) is 22.6 Å². The highest BCUT2D eigenvalue weighted by atomic mass is 15.3. The first-order valence-corrected chi connectivity index (χ1v) is 9.36. The van der Waals surface area contributed by atoms with E-state index in [-0.39, 0.29) is 6.04 Å². The van der Waals surface area contributed by atoms with Crippen molar-refractivity contribution in [2.45, 2.75) is 6.04 Å². The number of rotatable bonds is 3. The smallest absolute Gasteiger partial charge is 0.181 e. The second-order valence-corrected chi connectivity index (χ2v) is 7.25. The second kappa shape index (κ2) is 6.08. The lowest BCUT2D eigenvalue weighted by atomic mass is 10.1. The molecule has 0 saturated carbocycles. The molecule has 0 aliphatic carbocycles. The lowest BCUT2D eigenvalue weighted by molar-refractivity contribution is 0.514. The van der Waals surface area contributed by atoms with Crippen LogP contribution in [0.2, 0.25) is 0 Å². The van der Waals surface area contributed by atoms with E-state index in [0.717, 1.165) is 58.0 Å². The van der Waals surface area contributed by atoms with Gasteiger partial charge in [-0.15, -0.1) is 0 Å². The number of aromatic amines is 2. The molecule has 142 valence electrons. The molecule has 4 N–H and O–H groups in total. The van der Waals surface area contributed by atoms with Crippen LogP contribution in [0.1, 0.15) is 0 Å². The number of nitrogens with two attached hydrogens (primary N) is 1. The van der Waals surface area contributed by atoms with E-state index < -0.39 is 0 Å². The Morgan fingerprint density at radius 1 is 1.10 bits per heavy atom. The Bertz CT molecular complexity index is 1310. The molecule has 5 aromatic heterocycles. The van der Waals surface area contributed by atoms with Crippen molar-refractivity contribution in [2.24, 2.45) is 5.73 Å². The minimum Gasteiger partial charge on any atom is -0.352 e. The highest BCUT2D eigenvalue weighted by molar-refractivity contribution is 5.95. The van der Waals surface area contributed by atoms with Gasteiger partial charge in [0.25, 0.3) is 0 Å². The molecule has 0 aromatic carbocycles. The summed E-state index contributed by atoms with van der Waals surface area (Å²) in [7, 11) is 0. The fourth-order valence-corrected chi connectivity index (χ4v) is 3.68. The van der Waals surface area contributed by atoms with Gasteiger partial charge in [-0.3, -0.25) is 10.1 Å². The Kier molecular flexibility index (Phi) is 3.38. The van der Waals surface area contributed by atoms with Crippen molar-refractivity contribution in [2.75, 3.05) is 18.0 Å². The Morgan fingerprint density at radius 2 is 2.03 bits per heavy atom. The van der Waals surface area contributed by atoms with Crippen molar-refractivity contribution in [3.05, 3.63) is 49.1 Å². The average Bonchev–Trinajstić information content (AvgIpc) is 3.34. The van der Waals surface area contributed by atoms with Crippen molar-refractivity contribution in [1.82, 2.24) is 35.1 Å². The summed E-state index contributed by atoms with van der Waals surface area (Å²) in [6, 6.07) is 8.23. The molecule has 1 fully saturated rings. The van der Waals surface area contributed by atoms with Crippen LogP contribution in [0.25, 0.3) is 44.7 Å². The monoisotopic (exact) mass is 383 g/mol. The first-order chi connectivity index (χ1) is 14.2. The van der Waals surface area contributed by atoms with Crippen LogP contribution in [-0.4, -0.2) is 54.2 Å². The zero-order chi connectivity index (χ0) is 19.4. The van der Waals surface area contributed by atoms with Crippen molar-refractivity contribution in [3.63, 3.8) is 0 Å². The fourth-order valence-electron chi connectivity index (χ4n) is 3.68. The third kappa shape index (κ3) is 2.63. The number of fused-ring (bicyclic) bond motifs is 2. The van der Waals surface area contributed by atoms with E-state index in [0.29, 0.717) is 5.65 Å². The van der Waals surface area contributed by atoms with E-state index in [1.54, 1.807) is 24.8 Å². The molecule has 6 rings (SSSR count). The van der Waals surface area contributed by atoms with Crippen molar-refractivity contribution < 1.29 is 0 Å². The molecular formula is C20H17N9. The Labute approximate surface area is 165 Å². The number of nitrogens with one attached hydrogen (secondary N) is 2. The molecule has 0 bridgehead atoms. The van der Waals surface area contributed by atoms with Crippen molar-refractivity contribution in [1.29, 1.82) is 0 Å². The molecule has 1 aliphatic heterocycles. The zero-order valence-corrected chi connectivity index (χ0v) is 15.4. The molecule has 29 heavy (non-hydrogen) atoms. The molecule has 0 radical (unpaired) electrons. The van der Waals surface area contributed by atoms with Gasteiger partial charge in [-0.2, -0.15) is 5.10 Å². The van der Waals surface area contributed by atoms with E-state index in [4.69, 9.17) is 10.7 Å². The topological polar surface area (TPSA) is 125 Å². The van der Waals surface area contributed by atoms with Crippen LogP contribution in [0.4, 0.5) is 5.82 Å². The number of nitrogens with zero attached hydrogens (tertiary/aromatic N) is 6. The summed E-state index contributed by atoms with van der Waals surface area (Å²) in [6.07, 6.45) is 7.06. The van der Waals surface area contributed by atoms with Gasteiger partial charge in [0.1, 0.15) is 11.5 Å². The summed E-state index contributed by atoms with van der Waals surface area (Å²) >= 11 is 0. The molecule has 0 unspecified atom stereocenters. The average molecular weight is 383 g/mol. The number of aromatic nitrogens is 7. The molecule has 6 heterocycles. The van der Waals surface area contributed by atoms with Gasteiger partial charge in [0.15, 0.2) is 5.65 Å². The van der Waals surface area contributed by atoms with Gasteiger partial charge < -0.3 is 15.6 Å². The van der Waals surface area contributed by atoms with Crippen LogP contribution in [0, 0.1) is 0 Å². The summed E-state index contributed by atoms with van der Waals surface area (Å²) < 4.78 is 0. The number of hydrogen-bond acceptors (Lipinski definition) is 7. The highest BCUT2D eigenvalue weighted by Gasteiger charge is 2.24. The Hall–Kier alpha value is -3.85. The predicted molar refractivity (Wildman–Crippen MR) is 110 cm³/mol. The Morgan fingerprint density at radius 3 is 2.90 bits per heavy atom. The SMILES string of the molecule is NC1CN(c2cncc(-c3cnc4n[nH]c(-c5cc6cccnc6[nH]5)c4c3)n2)C1. The van der Waals surface area contributed by atoms with Crippen LogP contribution in [-0.2, 0) is 0 Å². The molecule has 0 spiro atoms. The number of anilines is 1. The molecule has 9 heteroatoms. The maximum atomic E-state index is 5.89. The third-order valence-corrected chi connectivity index (χ3v) is 5.22. The van der Waals surface area contributed by atoms with Crippen LogP contribution >= 0.6 is 0 Å². The molecule has 9 nitrogen and oxygen atoms in total. The fraction of sp³-hybridized carbons (Fsp3) is 0.150. The van der Waals surface area contributed by atoms with Gasteiger partial charge in [0.05, 0.1) is 29.5 Å². The van der Waals surface area contributed by atoms with Gasteiger partial charge in [0, 0.05) is 47.9 Å². The predicted octanol–water partition coefficient (Wildman–Crippen LogP) is 2.11. The molecule has 5 aromatic rings. The van der Waals surface area contributed by atoms with E-state index >= 15 is 0 Å². The summed E-state index contributed by atoms with van der Waals surface area (Å²) in [5.74, 6) is 0.832. The van der Waals surface area contributed by atoms with Gasteiger partial charge >= 0.3 is 0 Å². The molecule has 0 atom stereocenters. The summed E-state index contributed by atoms with van der Waals surface area (Å²) in [5.41, 5.74) is 10.8. The molecule has 1 saturated heterocycles. The first-order valence-electron chi connectivity index (χ1n) is 9.36. The van der Waals surface area contributed by atoms with Gasteiger partial charge in [0.2, 0.25) is 0 Å². The van der Waals surface area contributed by atoms with Gasteiger partial charge in [-0.05, 0) is 24.3 Å². The zero-order valence-electron chi connectivity index (χ0n) is 15.4. The minimum absolute atomic E-state index is 0.206. The van der Waals surface area contributed by atoms with Crippen LogP contribution in [0.5, 0.6) is 0 Å². The van der Waals surface area contributed by atoms with Gasteiger partial charge in [-0.1, -0.05) is 0 Å². The van der Waals surface area contributed by atoms with E-state index in [9.17, 15) is 0 Å². The largest absolute Gasteiger partial charge is 0.352 e. The maximum Gasteiger partial charge on any atom is 0.181 e. The van der Waals surface area contributed by atoms with Gasteiger partial charge in [-0.25, -0.2) is 15.0 Å². The summed E-state index contributed by atoms with van der Waals surface area (Å²) in [6.45, 7) is 1.60. The summed E-state index contributed by atoms with van der Waals surface area (Å²) in [4.78, 5) is 23.4. The summed E-state index contributed by atoms with van der Waals surface area (Å²) in [5, 5.41) is 9.39. The third-order valence-electron chi connectivity index (χ3n) is 5.22. The van der Waals surface area contributed by atoms with Crippen LogP contribution < -0.4 is 10.6 Å². The van der Waals surface area contributed by atoms with E-state index in [1.807, 2.05) is 18.2 Å². The molecule has 0 amide bonds.